The average Bonchev–Trinajstić information content (AvgIpc) is 2.74. The van der Waals surface area contributed by atoms with E-state index in [4.69, 9.17) is 0 Å². The van der Waals surface area contributed by atoms with Gasteiger partial charge in [-0.25, -0.2) is 0 Å². The predicted octanol–water partition coefficient (Wildman–Crippen LogP) is 2.36. The number of likely N-dealkylation sites (tertiary alicyclic amines) is 1. The number of nitrogens with zero attached hydrogens (tertiary/aromatic N) is 1. The van der Waals surface area contributed by atoms with Crippen molar-refractivity contribution in [3.05, 3.63) is 22.4 Å². The largest absolute Gasteiger partial charge is 0.311 e. The summed E-state index contributed by atoms with van der Waals surface area (Å²) in [7, 11) is 2.21. The molecule has 1 unspecified atom stereocenters. The Bertz CT molecular complexity index is 289. The number of piperidine rings is 1. The number of hydrogen-bond acceptors (Lipinski definition) is 3. The lowest BCUT2D eigenvalue weighted by Crippen LogP contribution is -2.44. The van der Waals surface area contributed by atoms with Crippen molar-refractivity contribution in [3.8, 4) is 0 Å². The zero-order valence-corrected chi connectivity index (χ0v) is 11.1. The van der Waals surface area contributed by atoms with Crippen molar-refractivity contribution >= 4 is 11.3 Å². The summed E-state index contributed by atoms with van der Waals surface area (Å²) in [6.45, 7) is 4.78. The molecule has 0 saturated carbocycles. The van der Waals surface area contributed by atoms with Crippen LogP contribution in [-0.2, 0) is 6.42 Å². The van der Waals surface area contributed by atoms with Gasteiger partial charge in [0.05, 0.1) is 0 Å². The van der Waals surface area contributed by atoms with Crippen LogP contribution in [0.25, 0.3) is 0 Å². The zero-order chi connectivity index (χ0) is 11.4. The quantitative estimate of drug-likeness (QED) is 0.866. The van der Waals surface area contributed by atoms with Crippen molar-refractivity contribution in [2.24, 2.45) is 0 Å². The summed E-state index contributed by atoms with van der Waals surface area (Å²) in [6.07, 6.45) is 3.76. The fourth-order valence-corrected chi connectivity index (χ4v) is 3.20. The molecule has 0 radical (unpaired) electrons. The first-order valence-corrected chi connectivity index (χ1v) is 7.09. The van der Waals surface area contributed by atoms with Crippen molar-refractivity contribution in [2.45, 2.75) is 38.3 Å². The van der Waals surface area contributed by atoms with Crippen LogP contribution in [0, 0.1) is 0 Å². The summed E-state index contributed by atoms with van der Waals surface area (Å²) in [6, 6.07) is 5.71. The van der Waals surface area contributed by atoms with Crippen LogP contribution in [0.3, 0.4) is 0 Å². The molecule has 0 spiro atoms. The van der Waals surface area contributed by atoms with Crippen molar-refractivity contribution < 1.29 is 0 Å². The molecule has 2 nitrogen and oxygen atoms in total. The van der Waals surface area contributed by atoms with Crippen molar-refractivity contribution in [3.63, 3.8) is 0 Å². The lowest BCUT2D eigenvalue weighted by atomic mass is 10.0. The van der Waals surface area contributed by atoms with Crippen LogP contribution in [0.5, 0.6) is 0 Å². The van der Waals surface area contributed by atoms with E-state index in [-0.39, 0.29) is 0 Å². The molecule has 90 valence electrons. The van der Waals surface area contributed by atoms with Gasteiger partial charge in [0.1, 0.15) is 0 Å². The van der Waals surface area contributed by atoms with Crippen LogP contribution in [-0.4, -0.2) is 37.1 Å². The van der Waals surface area contributed by atoms with E-state index < -0.39 is 0 Å². The molecule has 2 heterocycles. The summed E-state index contributed by atoms with van der Waals surface area (Å²) in [5, 5.41) is 5.92. The van der Waals surface area contributed by atoms with Gasteiger partial charge >= 0.3 is 0 Å². The molecule has 1 aromatic rings. The third-order valence-electron chi connectivity index (χ3n) is 3.33. The van der Waals surface area contributed by atoms with Crippen LogP contribution in [0.15, 0.2) is 17.5 Å². The fourth-order valence-electron chi connectivity index (χ4n) is 2.37. The predicted molar refractivity (Wildman–Crippen MR) is 71.1 cm³/mol. The van der Waals surface area contributed by atoms with Crippen LogP contribution in [0.1, 0.15) is 24.6 Å². The van der Waals surface area contributed by atoms with Gasteiger partial charge in [0.15, 0.2) is 0 Å². The second-order valence-corrected chi connectivity index (χ2v) is 5.96. The summed E-state index contributed by atoms with van der Waals surface area (Å²) in [5.41, 5.74) is 0. The normalized spacial score (nSPS) is 21.1. The molecule has 0 aliphatic carbocycles. The highest BCUT2D eigenvalue weighted by molar-refractivity contribution is 7.09. The van der Waals surface area contributed by atoms with Gasteiger partial charge in [-0.15, -0.1) is 11.3 Å². The maximum absolute atomic E-state index is 3.76. The number of thiophene rings is 1. The molecule has 2 rings (SSSR count). The van der Waals surface area contributed by atoms with Crippen LogP contribution < -0.4 is 5.32 Å². The highest BCUT2D eigenvalue weighted by Gasteiger charge is 2.18. The molecule has 0 aromatic carbocycles. The minimum absolute atomic E-state index is 0.604. The van der Waals surface area contributed by atoms with Crippen molar-refractivity contribution in [1.29, 1.82) is 0 Å². The Morgan fingerprint density at radius 2 is 2.25 bits per heavy atom. The van der Waals surface area contributed by atoms with Gasteiger partial charge in [-0.05, 0) is 57.8 Å². The third kappa shape index (κ3) is 3.58. The average molecular weight is 238 g/mol. The summed E-state index contributed by atoms with van der Waals surface area (Å²) in [5.74, 6) is 0. The van der Waals surface area contributed by atoms with Gasteiger partial charge in [0.25, 0.3) is 0 Å². The van der Waals surface area contributed by atoms with Gasteiger partial charge in [-0.1, -0.05) is 6.07 Å². The zero-order valence-electron chi connectivity index (χ0n) is 10.3. The lowest BCUT2D eigenvalue weighted by Gasteiger charge is -2.31. The van der Waals surface area contributed by atoms with Crippen molar-refractivity contribution in [1.82, 2.24) is 10.2 Å². The number of nitrogens with one attached hydrogen (secondary N) is 1. The molecule has 1 N–H and O–H groups in total. The maximum atomic E-state index is 3.76. The molecule has 16 heavy (non-hydrogen) atoms. The van der Waals surface area contributed by atoms with Crippen LogP contribution in [0.4, 0.5) is 0 Å². The van der Waals surface area contributed by atoms with E-state index in [0.29, 0.717) is 6.04 Å². The first-order valence-electron chi connectivity index (χ1n) is 6.21. The smallest absolute Gasteiger partial charge is 0.00940 e. The van der Waals surface area contributed by atoms with Gasteiger partial charge in [-0.2, -0.15) is 0 Å². The molecule has 1 atom stereocenters. The topological polar surface area (TPSA) is 15.3 Å². The van der Waals surface area contributed by atoms with E-state index in [2.05, 4.69) is 41.7 Å². The molecule has 1 aliphatic heterocycles. The summed E-state index contributed by atoms with van der Waals surface area (Å²) >= 11 is 1.87. The first kappa shape index (κ1) is 12.1. The molecule has 1 fully saturated rings. The molecule has 3 heteroatoms. The molecule has 1 aliphatic rings. The lowest BCUT2D eigenvalue weighted by molar-refractivity contribution is 0.226. The molecule has 0 bridgehead atoms. The molecule has 1 saturated heterocycles. The highest BCUT2D eigenvalue weighted by Crippen LogP contribution is 2.13. The fraction of sp³-hybridized carbons (Fsp3) is 0.692. The Hall–Kier alpha value is -0.380. The minimum Gasteiger partial charge on any atom is -0.311 e. The van der Waals surface area contributed by atoms with Crippen LogP contribution in [0.2, 0.25) is 0 Å². The van der Waals surface area contributed by atoms with Gasteiger partial charge in [-0.3, -0.25) is 0 Å². The van der Waals surface area contributed by atoms with E-state index in [1.807, 2.05) is 11.3 Å². The third-order valence-corrected chi connectivity index (χ3v) is 4.22. The Kier molecular flexibility index (Phi) is 4.38. The molecular weight excluding hydrogens is 216 g/mol. The summed E-state index contributed by atoms with van der Waals surface area (Å²) in [4.78, 5) is 3.91. The SMILES string of the molecule is CC(Cc1cccs1)NC1CCN(C)CC1. The van der Waals surface area contributed by atoms with Crippen LogP contribution >= 0.6 is 11.3 Å². The molecule has 1 aromatic heterocycles. The Morgan fingerprint density at radius 3 is 2.88 bits per heavy atom. The standard InChI is InChI=1S/C13H22N2S/c1-11(10-13-4-3-9-16-13)14-12-5-7-15(2)8-6-12/h3-4,9,11-12,14H,5-8,10H2,1-2H3. The monoisotopic (exact) mass is 238 g/mol. The van der Waals surface area contributed by atoms with E-state index in [1.165, 1.54) is 37.2 Å². The summed E-state index contributed by atoms with van der Waals surface area (Å²) < 4.78 is 0. The van der Waals surface area contributed by atoms with Gasteiger partial charge in [0.2, 0.25) is 0 Å². The van der Waals surface area contributed by atoms with E-state index in [0.717, 1.165) is 6.04 Å². The Balaban J connectivity index is 1.72. The minimum atomic E-state index is 0.604. The maximum Gasteiger partial charge on any atom is 0.00940 e. The highest BCUT2D eigenvalue weighted by atomic mass is 32.1. The number of rotatable bonds is 4. The first-order chi connectivity index (χ1) is 7.74. The Labute approximate surface area is 103 Å². The molecule has 0 amide bonds. The Morgan fingerprint density at radius 1 is 1.50 bits per heavy atom. The number of hydrogen-bond donors (Lipinski definition) is 1. The second-order valence-electron chi connectivity index (χ2n) is 4.93. The van der Waals surface area contributed by atoms with Gasteiger partial charge < -0.3 is 10.2 Å². The second kappa shape index (κ2) is 5.80. The van der Waals surface area contributed by atoms with Crippen molar-refractivity contribution in [2.75, 3.05) is 20.1 Å². The van der Waals surface area contributed by atoms with E-state index in [9.17, 15) is 0 Å². The van der Waals surface area contributed by atoms with E-state index >= 15 is 0 Å². The van der Waals surface area contributed by atoms with Gasteiger partial charge in [0, 0.05) is 17.0 Å². The van der Waals surface area contributed by atoms with E-state index in [1.54, 1.807) is 0 Å². The molecular formula is C13H22N2S.